The van der Waals surface area contributed by atoms with Crippen LogP contribution in [-0.4, -0.2) is 55.4 Å². The van der Waals surface area contributed by atoms with Crippen molar-refractivity contribution in [1.82, 2.24) is 10.2 Å². The topological polar surface area (TPSA) is 44.7 Å². The summed E-state index contributed by atoms with van der Waals surface area (Å²) in [7, 11) is 2.10. The Kier molecular flexibility index (Phi) is 5.93. The zero-order valence-corrected chi connectivity index (χ0v) is 13.0. The Hall–Kier alpha value is -0.520. The molecule has 0 aliphatic carbocycles. The number of likely N-dealkylation sites (N-methyl/N-ethyl adjacent to an activating group) is 1. The van der Waals surface area contributed by atoms with Gasteiger partial charge in [-0.25, -0.2) is 0 Å². The summed E-state index contributed by atoms with van der Waals surface area (Å²) < 4.78 is 5.50. The molecule has 1 heterocycles. The molecule has 0 spiro atoms. The van der Waals surface area contributed by atoms with E-state index >= 15 is 0 Å². The number of halogens is 2. The second-order valence-electron chi connectivity index (χ2n) is 5.20. The summed E-state index contributed by atoms with van der Waals surface area (Å²) in [5.41, 5.74) is 0. The largest absolute Gasteiger partial charge is 0.489 e. The fourth-order valence-corrected chi connectivity index (χ4v) is 2.70. The molecule has 0 bridgehead atoms. The second kappa shape index (κ2) is 7.48. The van der Waals surface area contributed by atoms with Crippen LogP contribution >= 0.6 is 23.2 Å². The quantitative estimate of drug-likeness (QED) is 0.842. The predicted molar refractivity (Wildman–Crippen MR) is 81.9 cm³/mol. The van der Waals surface area contributed by atoms with Crippen molar-refractivity contribution in [2.45, 2.75) is 18.6 Å². The van der Waals surface area contributed by atoms with E-state index in [1.807, 2.05) is 0 Å². The molecule has 0 amide bonds. The molecule has 20 heavy (non-hydrogen) atoms. The minimum absolute atomic E-state index is 0.205. The van der Waals surface area contributed by atoms with Gasteiger partial charge in [-0.2, -0.15) is 0 Å². The molecule has 1 aromatic rings. The molecule has 2 atom stereocenters. The summed E-state index contributed by atoms with van der Waals surface area (Å²) in [4.78, 5) is 2.27. The molecular formula is C14H20Cl2N2O2. The number of likely N-dealkylation sites (tertiary alicyclic amines) is 1. The van der Waals surface area contributed by atoms with Crippen LogP contribution in [0.15, 0.2) is 18.2 Å². The van der Waals surface area contributed by atoms with Crippen LogP contribution in [0.1, 0.15) is 6.42 Å². The third-order valence-electron chi connectivity index (χ3n) is 3.36. The zero-order valence-electron chi connectivity index (χ0n) is 11.5. The van der Waals surface area contributed by atoms with E-state index in [9.17, 15) is 5.11 Å². The first kappa shape index (κ1) is 15.9. The molecule has 1 aliphatic heterocycles. The Labute approximate surface area is 129 Å². The van der Waals surface area contributed by atoms with Crippen LogP contribution in [0.2, 0.25) is 10.0 Å². The highest BCUT2D eigenvalue weighted by atomic mass is 35.5. The molecule has 112 valence electrons. The molecule has 0 radical (unpaired) electrons. The van der Waals surface area contributed by atoms with Gasteiger partial charge in [-0.3, -0.25) is 0 Å². The molecular weight excluding hydrogens is 299 g/mol. The van der Waals surface area contributed by atoms with Crippen LogP contribution in [0.5, 0.6) is 5.75 Å². The molecule has 1 aliphatic rings. The van der Waals surface area contributed by atoms with E-state index in [0.717, 1.165) is 19.5 Å². The lowest BCUT2D eigenvalue weighted by Crippen LogP contribution is -2.39. The van der Waals surface area contributed by atoms with Crippen LogP contribution in [0.25, 0.3) is 0 Å². The van der Waals surface area contributed by atoms with Gasteiger partial charge in [0.2, 0.25) is 0 Å². The summed E-state index contributed by atoms with van der Waals surface area (Å²) in [5, 5.41) is 14.3. The molecule has 4 nitrogen and oxygen atoms in total. The average Bonchev–Trinajstić information content (AvgIpc) is 2.81. The lowest BCUT2D eigenvalue weighted by Gasteiger charge is -2.17. The van der Waals surface area contributed by atoms with E-state index in [1.165, 1.54) is 0 Å². The highest BCUT2D eigenvalue weighted by Crippen LogP contribution is 2.27. The van der Waals surface area contributed by atoms with Gasteiger partial charge in [-0.1, -0.05) is 23.2 Å². The Morgan fingerprint density at radius 2 is 2.30 bits per heavy atom. The minimum atomic E-state index is -0.562. The third-order valence-corrected chi connectivity index (χ3v) is 3.89. The summed E-state index contributed by atoms with van der Waals surface area (Å²) in [6.45, 7) is 2.85. The Morgan fingerprint density at radius 3 is 2.95 bits per heavy atom. The highest BCUT2D eigenvalue weighted by Gasteiger charge is 2.19. The van der Waals surface area contributed by atoms with Gasteiger partial charge in [-0.15, -0.1) is 0 Å². The van der Waals surface area contributed by atoms with Gasteiger partial charge in [0, 0.05) is 24.2 Å². The molecule has 1 aromatic carbocycles. The van der Waals surface area contributed by atoms with Gasteiger partial charge >= 0.3 is 0 Å². The van der Waals surface area contributed by atoms with Crippen molar-refractivity contribution in [1.29, 1.82) is 0 Å². The lowest BCUT2D eigenvalue weighted by molar-refractivity contribution is 0.104. The van der Waals surface area contributed by atoms with E-state index in [-0.39, 0.29) is 6.61 Å². The summed E-state index contributed by atoms with van der Waals surface area (Å²) in [6, 6.07) is 5.49. The van der Waals surface area contributed by atoms with Crippen LogP contribution < -0.4 is 10.1 Å². The van der Waals surface area contributed by atoms with Crippen LogP contribution in [0.4, 0.5) is 0 Å². The van der Waals surface area contributed by atoms with Crippen molar-refractivity contribution in [3.63, 3.8) is 0 Å². The summed E-state index contributed by atoms with van der Waals surface area (Å²) in [6.07, 6.45) is 0.556. The fourth-order valence-electron chi connectivity index (χ4n) is 2.24. The number of hydrogen-bond acceptors (Lipinski definition) is 4. The van der Waals surface area contributed by atoms with Crippen molar-refractivity contribution in [3.05, 3.63) is 28.2 Å². The third kappa shape index (κ3) is 4.79. The SMILES string of the molecule is CN1CCC(NCC(O)COc2ccc(Cl)cc2Cl)C1. The zero-order chi connectivity index (χ0) is 14.5. The molecule has 2 unspecified atom stereocenters. The Balaban J connectivity index is 1.70. The second-order valence-corrected chi connectivity index (χ2v) is 6.04. The van der Waals surface area contributed by atoms with Crippen LogP contribution in [0, 0.1) is 0 Å². The van der Waals surface area contributed by atoms with Gasteiger partial charge in [0.1, 0.15) is 18.5 Å². The van der Waals surface area contributed by atoms with Gasteiger partial charge in [0.15, 0.2) is 0 Å². The van der Waals surface area contributed by atoms with Gasteiger partial charge in [0.25, 0.3) is 0 Å². The average molecular weight is 319 g/mol. The number of aliphatic hydroxyl groups excluding tert-OH is 1. The van der Waals surface area contributed by atoms with Crippen molar-refractivity contribution in [3.8, 4) is 5.75 Å². The van der Waals surface area contributed by atoms with Crippen LogP contribution in [0.3, 0.4) is 0 Å². The summed E-state index contributed by atoms with van der Waals surface area (Å²) >= 11 is 11.8. The standard InChI is InChI=1S/C14H20Cl2N2O2/c1-18-5-4-11(8-18)17-7-12(19)9-20-14-3-2-10(15)6-13(14)16/h2-3,6,11-12,17,19H,4-5,7-9H2,1H3. The van der Waals surface area contributed by atoms with E-state index in [0.29, 0.717) is 28.4 Å². The number of ether oxygens (including phenoxy) is 1. The first-order valence-electron chi connectivity index (χ1n) is 6.72. The van der Waals surface area contributed by atoms with E-state index in [1.54, 1.807) is 18.2 Å². The first-order chi connectivity index (χ1) is 9.54. The molecule has 0 saturated carbocycles. The number of hydrogen-bond donors (Lipinski definition) is 2. The smallest absolute Gasteiger partial charge is 0.138 e. The molecule has 2 N–H and O–H groups in total. The van der Waals surface area contributed by atoms with Crippen molar-refractivity contribution < 1.29 is 9.84 Å². The van der Waals surface area contributed by atoms with Gasteiger partial charge < -0.3 is 20.1 Å². The maximum atomic E-state index is 9.91. The maximum Gasteiger partial charge on any atom is 0.138 e. The monoisotopic (exact) mass is 318 g/mol. The summed E-state index contributed by atoms with van der Waals surface area (Å²) in [5.74, 6) is 0.538. The van der Waals surface area contributed by atoms with Crippen molar-refractivity contribution in [2.24, 2.45) is 0 Å². The van der Waals surface area contributed by atoms with Crippen molar-refractivity contribution in [2.75, 3.05) is 33.3 Å². The number of benzene rings is 1. The molecule has 2 rings (SSSR count). The number of nitrogens with zero attached hydrogens (tertiary/aromatic N) is 1. The van der Waals surface area contributed by atoms with Crippen LogP contribution in [-0.2, 0) is 0 Å². The Bertz CT molecular complexity index is 445. The highest BCUT2D eigenvalue weighted by molar-refractivity contribution is 6.35. The van der Waals surface area contributed by atoms with Crippen molar-refractivity contribution >= 4 is 23.2 Å². The molecule has 1 saturated heterocycles. The predicted octanol–water partition coefficient (Wildman–Crippen LogP) is 2.03. The minimum Gasteiger partial charge on any atom is -0.489 e. The normalized spacial score (nSPS) is 21.1. The first-order valence-corrected chi connectivity index (χ1v) is 7.48. The molecule has 1 fully saturated rings. The Morgan fingerprint density at radius 1 is 1.50 bits per heavy atom. The lowest BCUT2D eigenvalue weighted by atomic mass is 10.2. The maximum absolute atomic E-state index is 9.91. The number of aliphatic hydroxyl groups is 1. The van der Waals surface area contributed by atoms with Gasteiger partial charge in [-0.05, 0) is 38.2 Å². The fraction of sp³-hybridized carbons (Fsp3) is 0.571. The van der Waals surface area contributed by atoms with E-state index in [2.05, 4.69) is 17.3 Å². The number of rotatable bonds is 6. The number of nitrogens with one attached hydrogen (secondary N) is 1. The van der Waals surface area contributed by atoms with E-state index in [4.69, 9.17) is 27.9 Å². The van der Waals surface area contributed by atoms with Gasteiger partial charge in [0.05, 0.1) is 5.02 Å². The molecule has 6 heteroatoms. The van der Waals surface area contributed by atoms with E-state index < -0.39 is 6.10 Å². The molecule has 0 aromatic heterocycles.